The Bertz CT molecular complexity index is 475. The van der Waals surface area contributed by atoms with Crippen LogP contribution in [0.2, 0.25) is 5.02 Å². The molecule has 0 amide bonds. The van der Waals surface area contributed by atoms with Gasteiger partial charge in [0.2, 0.25) is 0 Å². The van der Waals surface area contributed by atoms with E-state index in [4.69, 9.17) is 23.1 Å². The summed E-state index contributed by atoms with van der Waals surface area (Å²) in [4.78, 5) is 0. The molecule has 4 nitrogen and oxygen atoms in total. The Morgan fingerprint density at radius 1 is 1.25 bits per heavy atom. The van der Waals surface area contributed by atoms with Gasteiger partial charge in [-0.3, -0.25) is 0 Å². The zero-order valence-electron chi connectivity index (χ0n) is 8.73. The Morgan fingerprint density at radius 2 is 1.94 bits per heavy atom. The molecule has 0 atom stereocenters. The van der Waals surface area contributed by atoms with Crippen molar-refractivity contribution in [3.8, 4) is 5.69 Å². The number of rotatable bonds is 3. The maximum atomic E-state index is 5.83. The van der Waals surface area contributed by atoms with Gasteiger partial charge < -0.3 is 11.5 Å². The van der Waals surface area contributed by atoms with Gasteiger partial charge in [0.05, 0.1) is 5.69 Å². The molecule has 4 N–H and O–H groups in total. The van der Waals surface area contributed by atoms with Crippen molar-refractivity contribution in [3.05, 3.63) is 41.0 Å². The largest absolute Gasteiger partial charge is 0.382 e. The van der Waals surface area contributed by atoms with Crippen LogP contribution in [-0.2, 0) is 6.42 Å². The van der Waals surface area contributed by atoms with E-state index in [1.165, 1.54) is 0 Å². The van der Waals surface area contributed by atoms with Crippen molar-refractivity contribution in [2.75, 3.05) is 12.3 Å². The van der Waals surface area contributed by atoms with Crippen LogP contribution < -0.4 is 11.5 Å². The third-order valence-electron chi connectivity index (χ3n) is 2.27. The van der Waals surface area contributed by atoms with Crippen LogP contribution in [0.25, 0.3) is 5.69 Å². The molecule has 0 aliphatic rings. The van der Waals surface area contributed by atoms with Gasteiger partial charge in [-0.05, 0) is 30.8 Å². The normalized spacial score (nSPS) is 10.6. The topological polar surface area (TPSA) is 69.9 Å². The summed E-state index contributed by atoms with van der Waals surface area (Å²) >= 11 is 5.83. The van der Waals surface area contributed by atoms with E-state index >= 15 is 0 Å². The number of benzene rings is 1. The molecule has 1 aromatic heterocycles. The van der Waals surface area contributed by atoms with E-state index in [0.717, 1.165) is 17.8 Å². The Labute approximate surface area is 98.8 Å². The summed E-state index contributed by atoms with van der Waals surface area (Å²) in [7, 11) is 0. The number of hydrogen-bond donors (Lipinski definition) is 2. The SMILES string of the molecule is NCCc1cc(N)nn1-c1ccc(Cl)cc1. The molecule has 1 heterocycles. The summed E-state index contributed by atoms with van der Waals surface area (Å²) < 4.78 is 1.79. The highest BCUT2D eigenvalue weighted by Gasteiger charge is 2.06. The molecule has 2 aromatic rings. The minimum absolute atomic E-state index is 0.499. The average Bonchev–Trinajstić information content (AvgIpc) is 2.61. The molecule has 0 spiro atoms. The first-order valence-corrected chi connectivity index (χ1v) is 5.39. The lowest BCUT2D eigenvalue weighted by Gasteiger charge is -2.06. The number of aromatic nitrogens is 2. The van der Waals surface area contributed by atoms with Crippen LogP contribution in [-0.4, -0.2) is 16.3 Å². The van der Waals surface area contributed by atoms with Crippen LogP contribution in [0.1, 0.15) is 5.69 Å². The minimum atomic E-state index is 0.499. The molecule has 1 aromatic carbocycles. The number of anilines is 1. The van der Waals surface area contributed by atoms with Crippen molar-refractivity contribution in [2.24, 2.45) is 5.73 Å². The standard InChI is InChI=1S/C11H13ClN4/c12-8-1-3-9(4-2-8)16-10(5-6-13)7-11(14)15-16/h1-4,7H,5-6,13H2,(H2,14,15). The third kappa shape index (κ3) is 2.18. The van der Waals surface area contributed by atoms with Gasteiger partial charge in [-0.2, -0.15) is 5.10 Å². The second-order valence-electron chi connectivity index (χ2n) is 3.49. The van der Waals surface area contributed by atoms with E-state index in [2.05, 4.69) is 5.10 Å². The van der Waals surface area contributed by atoms with Crippen molar-refractivity contribution in [2.45, 2.75) is 6.42 Å². The summed E-state index contributed by atoms with van der Waals surface area (Å²) in [5.74, 6) is 0.499. The summed E-state index contributed by atoms with van der Waals surface area (Å²) in [5, 5.41) is 4.92. The van der Waals surface area contributed by atoms with Gasteiger partial charge in [-0.1, -0.05) is 11.6 Å². The molecule has 0 aliphatic carbocycles. The van der Waals surface area contributed by atoms with Gasteiger partial charge in [0.15, 0.2) is 0 Å². The van der Waals surface area contributed by atoms with Crippen molar-refractivity contribution in [1.82, 2.24) is 9.78 Å². The van der Waals surface area contributed by atoms with Crippen LogP contribution in [0.15, 0.2) is 30.3 Å². The van der Waals surface area contributed by atoms with Crippen LogP contribution in [0.4, 0.5) is 5.82 Å². The Kier molecular flexibility index (Phi) is 3.12. The monoisotopic (exact) mass is 236 g/mol. The molecule has 0 saturated heterocycles. The first-order valence-electron chi connectivity index (χ1n) is 5.01. The maximum absolute atomic E-state index is 5.83. The maximum Gasteiger partial charge on any atom is 0.146 e. The number of nitrogens with two attached hydrogens (primary N) is 2. The second-order valence-corrected chi connectivity index (χ2v) is 3.92. The van der Waals surface area contributed by atoms with Crippen molar-refractivity contribution in [1.29, 1.82) is 0 Å². The highest BCUT2D eigenvalue weighted by Crippen LogP contribution is 2.16. The Morgan fingerprint density at radius 3 is 2.56 bits per heavy atom. The van der Waals surface area contributed by atoms with E-state index in [0.29, 0.717) is 17.4 Å². The van der Waals surface area contributed by atoms with E-state index in [9.17, 15) is 0 Å². The Balaban J connectivity index is 2.42. The first-order chi connectivity index (χ1) is 7.70. The molecule has 0 unspecified atom stereocenters. The molecule has 0 saturated carbocycles. The predicted molar refractivity (Wildman–Crippen MR) is 65.7 cm³/mol. The molecule has 2 rings (SSSR count). The predicted octanol–water partition coefficient (Wildman–Crippen LogP) is 1.61. The molecule has 0 radical (unpaired) electrons. The molecular weight excluding hydrogens is 224 g/mol. The summed E-state index contributed by atoms with van der Waals surface area (Å²) in [5.41, 5.74) is 13.2. The molecular formula is C11H13ClN4. The Hall–Kier alpha value is -1.52. The lowest BCUT2D eigenvalue weighted by atomic mass is 10.2. The molecule has 16 heavy (non-hydrogen) atoms. The zero-order chi connectivity index (χ0) is 11.5. The van der Waals surface area contributed by atoms with Crippen molar-refractivity contribution < 1.29 is 0 Å². The molecule has 5 heteroatoms. The first kappa shape index (κ1) is 11.0. The summed E-state index contributed by atoms with van der Waals surface area (Å²) in [6.45, 7) is 0.568. The van der Waals surface area contributed by atoms with Crippen LogP contribution >= 0.6 is 11.6 Å². The van der Waals surface area contributed by atoms with Gasteiger partial charge in [0.1, 0.15) is 5.82 Å². The van der Waals surface area contributed by atoms with Crippen molar-refractivity contribution >= 4 is 17.4 Å². The van der Waals surface area contributed by atoms with E-state index in [1.54, 1.807) is 4.68 Å². The number of hydrogen-bond acceptors (Lipinski definition) is 3. The van der Waals surface area contributed by atoms with E-state index in [1.807, 2.05) is 30.3 Å². The summed E-state index contributed by atoms with van der Waals surface area (Å²) in [6, 6.07) is 9.27. The fourth-order valence-corrected chi connectivity index (χ4v) is 1.70. The van der Waals surface area contributed by atoms with Gasteiger partial charge in [0.25, 0.3) is 0 Å². The van der Waals surface area contributed by atoms with Gasteiger partial charge in [0, 0.05) is 23.2 Å². The van der Waals surface area contributed by atoms with Crippen molar-refractivity contribution in [3.63, 3.8) is 0 Å². The fourth-order valence-electron chi connectivity index (χ4n) is 1.57. The molecule has 0 fully saturated rings. The molecule has 0 bridgehead atoms. The lowest BCUT2D eigenvalue weighted by Crippen LogP contribution is -2.08. The minimum Gasteiger partial charge on any atom is -0.382 e. The highest BCUT2D eigenvalue weighted by molar-refractivity contribution is 6.30. The van der Waals surface area contributed by atoms with Crippen LogP contribution in [0.5, 0.6) is 0 Å². The summed E-state index contributed by atoms with van der Waals surface area (Å²) in [6.07, 6.45) is 0.743. The van der Waals surface area contributed by atoms with Crippen LogP contribution in [0, 0.1) is 0 Å². The number of nitrogen functional groups attached to an aromatic ring is 1. The second kappa shape index (κ2) is 4.55. The average molecular weight is 237 g/mol. The lowest BCUT2D eigenvalue weighted by molar-refractivity contribution is 0.793. The van der Waals surface area contributed by atoms with Crippen LogP contribution in [0.3, 0.4) is 0 Å². The zero-order valence-corrected chi connectivity index (χ0v) is 9.48. The molecule has 84 valence electrons. The van der Waals surface area contributed by atoms with E-state index in [-0.39, 0.29) is 0 Å². The van der Waals surface area contributed by atoms with Gasteiger partial charge in [-0.25, -0.2) is 4.68 Å². The quantitative estimate of drug-likeness (QED) is 0.851. The molecule has 0 aliphatic heterocycles. The van der Waals surface area contributed by atoms with E-state index < -0.39 is 0 Å². The number of halogens is 1. The smallest absolute Gasteiger partial charge is 0.146 e. The van der Waals surface area contributed by atoms with Gasteiger partial charge >= 0.3 is 0 Å². The third-order valence-corrected chi connectivity index (χ3v) is 2.53. The number of nitrogens with zero attached hydrogens (tertiary/aromatic N) is 2. The fraction of sp³-hybridized carbons (Fsp3) is 0.182. The highest BCUT2D eigenvalue weighted by atomic mass is 35.5. The van der Waals surface area contributed by atoms with Gasteiger partial charge in [-0.15, -0.1) is 0 Å².